The van der Waals surface area contributed by atoms with E-state index in [0.717, 1.165) is 19.6 Å². The third-order valence-corrected chi connectivity index (χ3v) is 1.24. The smallest absolute Gasteiger partial charge is 0.0813 e. The summed E-state index contributed by atoms with van der Waals surface area (Å²) in [6, 6.07) is 0.253. The Morgan fingerprint density at radius 2 is 2.38 bits per heavy atom. The molecule has 0 spiro atoms. The molecule has 1 atom stereocenters. The van der Waals surface area contributed by atoms with E-state index in [1.54, 1.807) is 0 Å². The fourth-order valence-corrected chi connectivity index (χ4v) is 0.771. The second kappa shape index (κ2) is 2.71. The van der Waals surface area contributed by atoms with Crippen LogP contribution in [0.2, 0.25) is 0 Å². The lowest BCUT2D eigenvalue weighted by Crippen LogP contribution is -2.47. The first-order valence-electron chi connectivity index (χ1n) is 2.83. The summed E-state index contributed by atoms with van der Waals surface area (Å²) in [7, 11) is 0. The SMILES string of the molecule is C#CC1CNCCN1. The molecule has 0 aliphatic carbocycles. The zero-order valence-electron chi connectivity index (χ0n) is 4.78. The number of nitrogens with one attached hydrogen (secondary N) is 2. The number of terminal acetylenes is 1. The molecule has 1 fully saturated rings. The van der Waals surface area contributed by atoms with Gasteiger partial charge in [0.05, 0.1) is 6.04 Å². The molecule has 1 saturated heterocycles. The van der Waals surface area contributed by atoms with E-state index in [9.17, 15) is 0 Å². The summed E-state index contributed by atoms with van der Waals surface area (Å²) in [5.74, 6) is 2.63. The highest BCUT2D eigenvalue weighted by atomic mass is 15.0. The van der Waals surface area contributed by atoms with Crippen LogP contribution in [-0.4, -0.2) is 25.7 Å². The minimum absolute atomic E-state index is 0.253. The number of piperazine rings is 1. The fraction of sp³-hybridized carbons (Fsp3) is 0.667. The molecular formula is C6H10N2. The topological polar surface area (TPSA) is 24.1 Å². The molecule has 1 heterocycles. The molecule has 1 rings (SSSR count). The van der Waals surface area contributed by atoms with E-state index in [0.29, 0.717) is 0 Å². The molecule has 1 aliphatic heterocycles. The first-order valence-corrected chi connectivity index (χ1v) is 2.83. The van der Waals surface area contributed by atoms with Crippen molar-refractivity contribution in [3.05, 3.63) is 0 Å². The van der Waals surface area contributed by atoms with Gasteiger partial charge in [-0.3, -0.25) is 0 Å². The van der Waals surface area contributed by atoms with Crippen LogP contribution in [0.15, 0.2) is 0 Å². The Balaban J connectivity index is 2.25. The summed E-state index contributed by atoms with van der Waals surface area (Å²) < 4.78 is 0. The molecule has 0 bridgehead atoms. The number of rotatable bonds is 0. The molecule has 1 unspecified atom stereocenters. The lowest BCUT2D eigenvalue weighted by atomic mass is 10.2. The molecule has 0 aromatic rings. The van der Waals surface area contributed by atoms with Crippen LogP contribution in [0.3, 0.4) is 0 Å². The van der Waals surface area contributed by atoms with Crippen molar-refractivity contribution >= 4 is 0 Å². The van der Waals surface area contributed by atoms with Gasteiger partial charge in [0.15, 0.2) is 0 Å². The van der Waals surface area contributed by atoms with E-state index in [1.165, 1.54) is 0 Å². The Bertz CT molecular complexity index is 97.6. The van der Waals surface area contributed by atoms with Crippen LogP contribution < -0.4 is 10.6 Å². The molecule has 8 heavy (non-hydrogen) atoms. The minimum Gasteiger partial charge on any atom is -0.313 e. The van der Waals surface area contributed by atoms with Crippen molar-refractivity contribution in [3.63, 3.8) is 0 Å². The lowest BCUT2D eigenvalue weighted by Gasteiger charge is -2.19. The van der Waals surface area contributed by atoms with Gasteiger partial charge >= 0.3 is 0 Å². The molecule has 0 aromatic heterocycles. The second-order valence-corrected chi connectivity index (χ2v) is 1.88. The van der Waals surface area contributed by atoms with Gasteiger partial charge in [0.1, 0.15) is 0 Å². The van der Waals surface area contributed by atoms with Crippen molar-refractivity contribution in [2.45, 2.75) is 6.04 Å². The summed E-state index contributed by atoms with van der Waals surface area (Å²) in [4.78, 5) is 0. The first kappa shape index (κ1) is 5.61. The summed E-state index contributed by atoms with van der Waals surface area (Å²) >= 11 is 0. The monoisotopic (exact) mass is 110 g/mol. The second-order valence-electron chi connectivity index (χ2n) is 1.88. The van der Waals surface area contributed by atoms with Gasteiger partial charge in [-0.15, -0.1) is 6.42 Å². The molecule has 0 aromatic carbocycles. The molecule has 1 aliphatic rings. The molecule has 2 heteroatoms. The summed E-state index contributed by atoms with van der Waals surface area (Å²) in [5.41, 5.74) is 0. The van der Waals surface area contributed by atoms with Crippen molar-refractivity contribution < 1.29 is 0 Å². The van der Waals surface area contributed by atoms with E-state index >= 15 is 0 Å². The number of hydrogen-bond donors (Lipinski definition) is 2. The van der Waals surface area contributed by atoms with Gasteiger partial charge in [0, 0.05) is 19.6 Å². The summed E-state index contributed by atoms with van der Waals surface area (Å²) in [6.45, 7) is 2.95. The maximum Gasteiger partial charge on any atom is 0.0813 e. The normalized spacial score (nSPS) is 29.1. The Morgan fingerprint density at radius 1 is 1.50 bits per heavy atom. The zero-order chi connectivity index (χ0) is 5.82. The van der Waals surface area contributed by atoms with Gasteiger partial charge in [-0.25, -0.2) is 0 Å². The highest BCUT2D eigenvalue weighted by molar-refractivity contribution is 5.01. The average molecular weight is 110 g/mol. The van der Waals surface area contributed by atoms with Gasteiger partial charge in [-0.2, -0.15) is 0 Å². The van der Waals surface area contributed by atoms with Crippen LogP contribution in [0, 0.1) is 12.3 Å². The van der Waals surface area contributed by atoms with Gasteiger partial charge in [-0.1, -0.05) is 5.92 Å². The highest BCUT2D eigenvalue weighted by Crippen LogP contribution is 1.81. The van der Waals surface area contributed by atoms with E-state index in [-0.39, 0.29) is 6.04 Å². The third kappa shape index (κ3) is 1.22. The summed E-state index contributed by atoms with van der Waals surface area (Å²) in [6.07, 6.45) is 5.15. The van der Waals surface area contributed by atoms with Gasteiger partial charge in [0.25, 0.3) is 0 Å². The Labute approximate surface area is 49.7 Å². The van der Waals surface area contributed by atoms with Crippen molar-refractivity contribution in [2.75, 3.05) is 19.6 Å². The zero-order valence-corrected chi connectivity index (χ0v) is 4.78. The molecule has 0 saturated carbocycles. The van der Waals surface area contributed by atoms with Crippen molar-refractivity contribution in [1.29, 1.82) is 0 Å². The van der Waals surface area contributed by atoms with Gasteiger partial charge in [-0.05, 0) is 0 Å². The van der Waals surface area contributed by atoms with E-state index < -0.39 is 0 Å². The van der Waals surface area contributed by atoms with E-state index in [4.69, 9.17) is 6.42 Å². The minimum atomic E-state index is 0.253. The van der Waals surface area contributed by atoms with Gasteiger partial charge in [0.2, 0.25) is 0 Å². The molecule has 44 valence electrons. The Kier molecular flexibility index (Phi) is 1.90. The molecule has 0 amide bonds. The van der Waals surface area contributed by atoms with Crippen LogP contribution in [-0.2, 0) is 0 Å². The van der Waals surface area contributed by atoms with Crippen molar-refractivity contribution in [1.82, 2.24) is 10.6 Å². The molecule has 0 radical (unpaired) electrons. The predicted molar refractivity (Wildman–Crippen MR) is 33.5 cm³/mol. The third-order valence-electron chi connectivity index (χ3n) is 1.24. The Hall–Kier alpha value is -0.520. The van der Waals surface area contributed by atoms with Crippen LogP contribution >= 0.6 is 0 Å². The average Bonchev–Trinajstić information content (AvgIpc) is 1.90. The van der Waals surface area contributed by atoms with Gasteiger partial charge < -0.3 is 10.6 Å². The first-order chi connectivity index (χ1) is 3.93. The van der Waals surface area contributed by atoms with Crippen LogP contribution in [0.1, 0.15) is 0 Å². The lowest BCUT2D eigenvalue weighted by molar-refractivity contribution is 0.480. The highest BCUT2D eigenvalue weighted by Gasteiger charge is 2.06. The quantitative estimate of drug-likeness (QED) is 0.398. The number of hydrogen-bond acceptors (Lipinski definition) is 2. The van der Waals surface area contributed by atoms with Crippen molar-refractivity contribution in [2.24, 2.45) is 0 Å². The summed E-state index contributed by atoms with van der Waals surface area (Å²) in [5, 5.41) is 6.35. The Morgan fingerprint density at radius 3 is 2.75 bits per heavy atom. The largest absolute Gasteiger partial charge is 0.313 e. The molecule has 2 N–H and O–H groups in total. The van der Waals surface area contributed by atoms with Crippen LogP contribution in [0.4, 0.5) is 0 Å². The van der Waals surface area contributed by atoms with Crippen molar-refractivity contribution in [3.8, 4) is 12.3 Å². The van der Waals surface area contributed by atoms with E-state index in [1.807, 2.05) is 0 Å². The van der Waals surface area contributed by atoms with E-state index in [2.05, 4.69) is 16.6 Å². The van der Waals surface area contributed by atoms with Crippen LogP contribution in [0.5, 0.6) is 0 Å². The molecule has 2 nitrogen and oxygen atoms in total. The maximum atomic E-state index is 5.15. The molecular weight excluding hydrogens is 100 g/mol. The predicted octanol–water partition coefficient (Wildman–Crippen LogP) is -0.819. The fourth-order valence-electron chi connectivity index (χ4n) is 0.771. The van der Waals surface area contributed by atoms with Crippen LogP contribution in [0.25, 0.3) is 0 Å². The standard InChI is InChI=1S/C6H10N2/c1-2-6-5-7-3-4-8-6/h1,6-8H,3-5H2. The maximum absolute atomic E-state index is 5.15.